The van der Waals surface area contributed by atoms with Crippen molar-refractivity contribution in [2.24, 2.45) is 5.92 Å². The molecule has 0 aliphatic carbocycles. The maximum absolute atomic E-state index is 13.2. The zero-order valence-electron chi connectivity index (χ0n) is 21.4. The smallest absolute Gasteiger partial charge is 0.356 e. The molecule has 1 aromatic rings. The lowest BCUT2D eigenvalue weighted by atomic mass is 9.79. The number of esters is 1. The minimum absolute atomic E-state index is 0.0634. The number of nitrogens with zero attached hydrogens (tertiary/aromatic N) is 1. The lowest BCUT2D eigenvalue weighted by Gasteiger charge is -2.52. The summed E-state index contributed by atoms with van der Waals surface area (Å²) in [6.45, 7) is 15.7. The molecule has 2 aliphatic rings. The van der Waals surface area contributed by atoms with Crippen molar-refractivity contribution in [2.45, 2.75) is 83.1 Å². The summed E-state index contributed by atoms with van der Waals surface area (Å²) in [5.41, 5.74) is 0.951. The highest BCUT2D eigenvalue weighted by atomic mass is 28.4. The van der Waals surface area contributed by atoms with Crippen LogP contribution in [0.3, 0.4) is 0 Å². The molecule has 0 bridgehead atoms. The third-order valence-electron chi connectivity index (χ3n) is 7.34. The first-order valence-electron chi connectivity index (χ1n) is 12.0. The van der Waals surface area contributed by atoms with Crippen LogP contribution in [0.25, 0.3) is 0 Å². The van der Waals surface area contributed by atoms with Crippen LogP contribution in [-0.2, 0) is 30.0 Å². The van der Waals surface area contributed by atoms with Crippen LogP contribution in [0, 0.1) is 5.92 Å². The highest BCUT2D eigenvalue weighted by Gasteiger charge is 2.56. The van der Waals surface area contributed by atoms with Gasteiger partial charge < -0.3 is 23.9 Å². The number of ether oxygens (including phenoxy) is 2. The zero-order chi connectivity index (χ0) is 26.1. The molecule has 8 nitrogen and oxygen atoms in total. The molecule has 3 rings (SSSR count). The number of likely N-dealkylation sites (tertiary alicyclic amines) is 1. The summed E-state index contributed by atoms with van der Waals surface area (Å²) in [6, 6.07) is 6.76. The highest BCUT2D eigenvalue weighted by molar-refractivity contribution is 6.74. The van der Waals surface area contributed by atoms with Gasteiger partial charge in [-0.1, -0.05) is 51.6 Å². The molecule has 1 amide bonds. The average molecular weight is 504 g/mol. The molecular weight excluding hydrogens is 466 g/mol. The van der Waals surface area contributed by atoms with Crippen LogP contribution in [0.4, 0.5) is 0 Å². The van der Waals surface area contributed by atoms with Crippen LogP contribution in [0.5, 0.6) is 5.75 Å². The van der Waals surface area contributed by atoms with Crippen molar-refractivity contribution < 1.29 is 33.4 Å². The van der Waals surface area contributed by atoms with Gasteiger partial charge in [0.1, 0.15) is 12.4 Å². The van der Waals surface area contributed by atoms with Crippen LogP contribution in [0.1, 0.15) is 39.7 Å². The molecule has 5 atom stereocenters. The van der Waals surface area contributed by atoms with Crippen molar-refractivity contribution in [2.75, 3.05) is 6.61 Å². The lowest BCUT2D eigenvalue weighted by molar-refractivity contribution is -0.197. The summed E-state index contributed by atoms with van der Waals surface area (Å²) in [5.74, 6) is -1.59. The molecule has 1 aromatic carbocycles. The molecule has 1 unspecified atom stereocenters. The van der Waals surface area contributed by atoms with Crippen molar-refractivity contribution in [3.63, 3.8) is 0 Å². The van der Waals surface area contributed by atoms with Gasteiger partial charge in [-0.25, -0.2) is 4.79 Å². The first-order chi connectivity index (χ1) is 16.3. The van der Waals surface area contributed by atoms with Crippen LogP contribution in [-0.4, -0.2) is 67.1 Å². The summed E-state index contributed by atoms with van der Waals surface area (Å²) in [5, 5.41) is 10.5. The fraction of sp³-hybridized carbons (Fsp3) is 0.577. The van der Waals surface area contributed by atoms with Gasteiger partial charge in [0.2, 0.25) is 12.1 Å². The van der Waals surface area contributed by atoms with Crippen molar-refractivity contribution in [3.05, 3.63) is 42.5 Å². The zero-order valence-corrected chi connectivity index (χ0v) is 22.4. The molecule has 0 radical (unpaired) electrons. The number of hydrogen-bond acceptors (Lipinski definition) is 7. The van der Waals surface area contributed by atoms with Gasteiger partial charge >= 0.3 is 5.97 Å². The number of amides is 1. The molecule has 9 heteroatoms. The quantitative estimate of drug-likeness (QED) is 0.226. The van der Waals surface area contributed by atoms with E-state index in [4.69, 9.17) is 13.9 Å². The van der Waals surface area contributed by atoms with Crippen LogP contribution < -0.4 is 4.74 Å². The Morgan fingerprint density at radius 1 is 1.31 bits per heavy atom. The number of carbonyl (C=O) groups excluding carboxylic acids is 3. The van der Waals surface area contributed by atoms with E-state index in [9.17, 15) is 19.5 Å². The molecule has 2 aliphatic heterocycles. The number of Topliss-reactive ketones (excluding diaryl/α,β-unsaturated/α-hetero) is 1. The monoisotopic (exact) mass is 503 g/mol. The number of fused-ring (bicyclic) bond motifs is 1. The number of rotatable bonds is 10. The van der Waals surface area contributed by atoms with Crippen LogP contribution >= 0.6 is 0 Å². The molecule has 2 heterocycles. The van der Waals surface area contributed by atoms with Crippen molar-refractivity contribution >= 4 is 26.0 Å². The number of ketones is 1. The van der Waals surface area contributed by atoms with E-state index in [-0.39, 0.29) is 23.8 Å². The van der Waals surface area contributed by atoms with Gasteiger partial charge in [0.25, 0.3) is 0 Å². The first-order valence-corrected chi connectivity index (χ1v) is 14.9. The summed E-state index contributed by atoms with van der Waals surface area (Å²) < 4.78 is 17.2. The standard InChI is InChI=1S/C26H37NO7Si/c1-8-13-32-25(31)24(30)27-18(15-19(28)21-14-17-11-9-10-12-20(17)33-21)22(23(27)29)16(2)34-35(6,7)26(3,4)5/h8-12,16,18,21-22,24,30H,1,13-15H2,2-7H3/t16-,18-,21+,22-,24?/m1/s1. The predicted molar refractivity (Wildman–Crippen MR) is 133 cm³/mol. The summed E-state index contributed by atoms with van der Waals surface area (Å²) >= 11 is 0. The van der Waals surface area contributed by atoms with Gasteiger partial charge in [-0.15, -0.1) is 0 Å². The number of aliphatic hydroxyl groups is 1. The number of para-hydroxylation sites is 1. The Morgan fingerprint density at radius 2 is 1.97 bits per heavy atom. The Hall–Kier alpha value is -2.49. The van der Waals surface area contributed by atoms with Gasteiger partial charge in [-0.3, -0.25) is 9.59 Å². The third-order valence-corrected chi connectivity index (χ3v) is 11.9. The fourth-order valence-electron chi connectivity index (χ4n) is 4.38. The van der Waals surface area contributed by atoms with Gasteiger partial charge in [-0.2, -0.15) is 0 Å². The van der Waals surface area contributed by atoms with Gasteiger partial charge in [0, 0.05) is 12.8 Å². The van der Waals surface area contributed by atoms with Crippen molar-refractivity contribution in [1.82, 2.24) is 4.90 Å². The molecule has 0 spiro atoms. The Labute approximate surface area is 208 Å². The molecular formula is C26H37NO7Si. The summed E-state index contributed by atoms with van der Waals surface area (Å²) in [7, 11) is -2.22. The molecule has 0 saturated carbocycles. The Morgan fingerprint density at radius 3 is 2.57 bits per heavy atom. The number of aliphatic hydroxyl groups excluding tert-OH is 1. The minimum atomic E-state index is -2.22. The van der Waals surface area contributed by atoms with Crippen molar-refractivity contribution in [1.29, 1.82) is 0 Å². The molecule has 1 fully saturated rings. The normalized spacial score (nSPS) is 23.6. The topological polar surface area (TPSA) is 102 Å². The Bertz CT molecular complexity index is 961. The molecule has 192 valence electrons. The van der Waals surface area contributed by atoms with Gasteiger partial charge in [-0.05, 0) is 36.7 Å². The third kappa shape index (κ3) is 5.52. The Kier molecular flexibility index (Phi) is 7.93. The molecule has 1 N–H and O–H groups in total. The fourth-order valence-corrected chi connectivity index (χ4v) is 5.80. The Balaban J connectivity index is 1.79. The average Bonchev–Trinajstić information content (AvgIpc) is 3.20. The van der Waals surface area contributed by atoms with E-state index in [0.29, 0.717) is 12.2 Å². The SMILES string of the molecule is C=CCOC(=O)C(O)N1C(=O)[C@H]([C@@H](C)O[Si](C)(C)C(C)(C)C)[C@H]1CC(=O)[C@@H]1Cc2ccccc2O1. The second-order valence-electron chi connectivity index (χ2n) is 10.8. The number of hydrogen-bond donors (Lipinski definition) is 1. The number of carbonyl (C=O) groups is 3. The van der Waals surface area contributed by atoms with E-state index < -0.39 is 50.6 Å². The van der Waals surface area contributed by atoms with Gasteiger partial charge in [0.05, 0.1) is 18.1 Å². The summed E-state index contributed by atoms with van der Waals surface area (Å²) in [4.78, 5) is 39.8. The molecule has 1 saturated heterocycles. The highest BCUT2D eigenvalue weighted by Crippen LogP contribution is 2.42. The largest absolute Gasteiger partial charge is 0.482 e. The van der Waals surface area contributed by atoms with E-state index in [1.165, 1.54) is 6.08 Å². The van der Waals surface area contributed by atoms with E-state index in [1.54, 1.807) is 0 Å². The second-order valence-corrected chi connectivity index (χ2v) is 15.6. The van der Waals surface area contributed by atoms with Crippen LogP contribution in [0.2, 0.25) is 18.1 Å². The lowest BCUT2D eigenvalue weighted by Crippen LogP contribution is -2.70. The van der Waals surface area contributed by atoms with E-state index in [0.717, 1.165) is 10.5 Å². The predicted octanol–water partition coefficient (Wildman–Crippen LogP) is 3.23. The first kappa shape index (κ1) is 27.1. The summed E-state index contributed by atoms with van der Waals surface area (Å²) in [6.07, 6.45) is -1.22. The van der Waals surface area contributed by atoms with E-state index >= 15 is 0 Å². The van der Waals surface area contributed by atoms with E-state index in [2.05, 4.69) is 40.4 Å². The maximum atomic E-state index is 13.2. The molecule has 0 aromatic heterocycles. The van der Waals surface area contributed by atoms with E-state index in [1.807, 2.05) is 31.2 Å². The van der Waals surface area contributed by atoms with Crippen molar-refractivity contribution in [3.8, 4) is 5.75 Å². The van der Waals surface area contributed by atoms with Crippen LogP contribution in [0.15, 0.2) is 36.9 Å². The minimum Gasteiger partial charge on any atom is -0.482 e. The second kappa shape index (κ2) is 10.2. The van der Waals surface area contributed by atoms with Gasteiger partial charge in [0.15, 0.2) is 20.2 Å². The maximum Gasteiger partial charge on any atom is 0.356 e. The number of β-lactam (4-membered cyclic amide) rings is 1. The number of benzene rings is 1. The molecule has 35 heavy (non-hydrogen) atoms.